The van der Waals surface area contributed by atoms with Crippen molar-refractivity contribution in [1.29, 1.82) is 0 Å². The van der Waals surface area contributed by atoms with Crippen LogP contribution >= 0.6 is 0 Å². The summed E-state index contributed by atoms with van der Waals surface area (Å²) in [6, 6.07) is 12.2. The third kappa shape index (κ3) is 4.57. The Labute approximate surface area is 121 Å². The number of nitrogens with one attached hydrogen (secondary N) is 1. The fourth-order valence-electron chi connectivity index (χ4n) is 1.89. The lowest BCUT2D eigenvalue weighted by molar-refractivity contribution is 0.217. The maximum absolute atomic E-state index is 5.82. The second-order valence-corrected chi connectivity index (χ2v) is 4.90. The number of rotatable bonds is 7. The molecule has 1 heterocycles. The first-order chi connectivity index (χ1) is 9.78. The van der Waals surface area contributed by atoms with Gasteiger partial charge in [0.15, 0.2) is 0 Å². The van der Waals surface area contributed by atoms with Crippen molar-refractivity contribution in [3.63, 3.8) is 0 Å². The molecular formula is C17H22N2O. The van der Waals surface area contributed by atoms with Crippen LogP contribution in [0.15, 0.2) is 48.8 Å². The molecule has 3 heteroatoms. The van der Waals surface area contributed by atoms with Crippen LogP contribution < -0.4 is 10.1 Å². The fourth-order valence-corrected chi connectivity index (χ4v) is 1.89. The quantitative estimate of drug-likeness (QED) is 0.828. The zero-order valence-electron chi connectivity index (χ0n) is 12.2. The normalized spacial score (nSPS) is 11.9. The number of nitrogens with zero attached hydrogens (tertiary/aromatic N) is 1. The highest BCUT2D eigenvalue weighted by Crippen LogP contribution is 2.19. The summed E-state index contributed by atoms with van der Waals surface area (Å²) in [6.45, 7) is 5.10. The Morgan fingerprint density at radius 3 is 2.90 bits per heavy atom. The van der Waals surface area contributed by atoms with Crippen LogP contribution in [-0.2, 0) is 6.42 Å². The molecule has 0 saturated heterocycles. The van der Waals surface area contributed by atoms with E-state index in [1.54, 1.807) is 6.20 Å². The maximum atomic E-state index is 5.82. The van der Waals surface area contributed by atoms with Crippen molar-refractivity contribution in [1.82, 2.24) is 4.98 Å². The standard InChI is InChI=1S/C17H22N2O/c1-3-14(2)20-17-8-4-7-16(12-17)19-11-9-15-6-5-10-18-13-15/h4-8,10,12-14,19H,3,9,11H2,1-2H3. The lowest BCUT2D eigenvalue weighted by Gasteiger charge is -2.14. The Balaban J connectivity index is 1.85. The van der Waals surface area contributed by atoms with E-state index in [1.807, 2.05) is 24.4 Å². The minimum atomic E-state index is 0.251. The second kappa shape index (κ2) is 7.53. The zero-order valence-corrected chi connectivity index (χ0v) is 12.2. The van der Waals surface area contributed by atoms with Crippen molar-refractivity contribution in [2.45, 2.75) is 32.8 Å². The van der Waals surface area contributed by atoms with Gasteiger partial charge in [-0.05, 0) is 43.5 Å². The summed E-state index contributed by atoms with van der Waals surface area (Å²) in [4.78, 5) is 4.12. The van der Waals surface area contributed by atoms with Crippen molar-refractivity contribution in [3.05, 3.63) is 54.4 Å². The Morgan fingerprint density at radius 2 is 2.15 bits per heavy atom. The molecule has 0 aliphatic rings. The van der Waals surface area contributed by atoms with Crippen LogP contribution in [0, 0.1) is 0 Å². The van der Waals surface area contributed by atoms with Crippen molar-refractivity contribution >= 4 is 5.69 Å². The second-order valence-electron chi connectivity index (χ2n) is 4.90. The number of anilines is 1. The Bertz CT molecular complexity index is 513. The maximum Gasteiger partial charge on any atom is 0.121 e. The zero-order chi connectivity index (χ0) is 14.2. The Morgan fingerprint density at radius 1 is 1.25 bits per heavy atom. The van der Waals surface area contributed by atoms with Gasteiger partial charge in [0.05, 0.1) is 6.10 Å². The van der Waals surface area contributed by atoms with Gasteiger partial charge in [0.2, 0.25) is 0 Å². The van der Waals surface area contributed by atoms with Gasteiger partial charge in [-0.15, -0.1) is 0 Å². The fraction of sp³-hybridized carbons (Fsp3) is 0.353. The van der Waals surface area contributed by atoms with Gasteiger partial charge in [-0.1, -0.05) is 19.1 Å². The van der Waals surface area contributed by atoms with E-state index in [1.165, 1.54) is 5.56 Å². The first-order valence-corrected chi connectivity index (χ1v) is 7.17. The molecule has 20 heavy (non-hydrogen) atoms. The molecule has 1 unspecified atom stereocenters. The molecule has 0 spiro atoms. The van der Waals surface area contributed by atoms with E-state index in [0.29, 0.717) is 0 Å². The van der Waals surface area contributed by atoms with E-state index in [-0.39, 0.29) is 6.10 Å². The SMILES string of the molecule is CCC(C)Oc1cccc(NCCc2cccnc2)c1. The molecule has 0 fully saturated rings. The van der Waals surface area contributed by atoms with Crippen LogP contribution in [0.4, 0.5) is 5.69 Å². The highest BCUT2D eigenvalue weighted by Gasteiger charge is 2.01. The lowest BCUT2D eigenvalue weighted by Crippen LogP contribution is -2.10. The monoisotopic (exact) mass is 270 g/mol. The molecule has 3 nitrogen and oxygen atoms in total. The third-order valence-electron chi connectivity index (χ3n) is 3.21. The first-order valence-electron chi connectivity index (χ1n) is 7.17. The number of hydrogen-bond acceptors (Lipinski definition) is 3. The van der Waals surface area contributed by atoms with Gasteiger partial charge in [0.25, 0.3) is 0 Å². The summed E-state index contributed by atoms with van der Waals surface area (Å²) in [5.74, 6) is 0.922. The molecule has 106 valence electrons. The number of pyridine rings is 1. The molecule has 1 atom stereocenters. The molecule has 0 aliphatic heterocycles. The number of ether oxygens (including phenoxy) is 1. The molecule has 0 saturated carbocycles. The van der Waals surface area contributed by atoms with Crippen LogP contribution in [0.25, 0.3) is 0 Å². The van der Waals surface area contributed by atoms with Gasteiger partial charge in [-0.2, -0.15) is 0 Å². The summed E-state index contributed by atoms with van der Waals surface area (Å²) in [7, 11) is 0. The van der Waals surface area contributed by atoms with Crippen molar-refractivity contribution in [2.75, 3.05) is 11.9 Å². The summed E-state index contributed by atoms with van der Waals surface area (Å²) < 4.78 is 5.82. The molecule has 0 radical (unpaired) electrons. The van der Waals surface area contributed by atoms with E-state index >= 15 is 0 Å². The largest absolute Gasteiger partial charge is 0.491 e. The first kappa shape index (κ1) is 14.4. The lowest BCUT2D eigenvalue weighted by atomic mass is 10.2. The molecule has 1 N–H and O–H groups in total. The highest BCUT2D eigenvalue weighted by molar-refractivity contribution is 5.48. The average molecular weight is 270 g/mol. The molecule has 0 amide bonds. The third-order valence-corrected chi connectivity index (χ3v) is 3.21. The summed E-state index contributed by atoms with van der Waals surface area (Å²) in [5, 5.41) is 3.42. The van der Waals surface area contributed by atoms with E-state index in [2.05, 4.69) is 42.3 Å². The minimum absolute atomic E-state index is 0.251. The van der Waals surface area contributed by atoms with E-state index < -0.39 is 0 Å². The van der Waals surface area contributed by atoms with Gasteiger partial charge < -0.3 is 10.1 Å². The molecule has 0 bridgehead atoms. The van der Waals surface area contributed by atoms with Crippen LogP contribution in [-0.4, -0.2) is 17.6 Å². The molecular weight excluding hydrogens is 248 g/mol. The Hall–Kier alpha value is -2.03. The number of aromatic nitrogens is 1. The van der Waals surface area contributed by atoms with Crippen molar-refractivity contribution < 1.29 is 4.74 Å². The van der Waals surface area contributed by atoms with Gasteiger partial charge in [0.1, 0.15) is 5.75 Å². The van der Waals surface area contributed by atoms with Crippen LogP contribution in [0.1, 0.15) is 25.8 Å². The van der Waals surface area contributed by atoms with Crippen LogP contribution in [0.3, 0.4) is 0 Å². The molecule has 0 aliphatic carbocycles. The summed E-state index contributed by atoms with van der Waals surface area (Å²) >= 11 is 0. The van der Waals surface area contributed by atoms with E-state index in [4.69, 9.17) is 4.74 Å². The van der Waals surface area contributed by atoms with Gasteiger partial charge in [0, 0.05) is 30.7 Å². The molecule has 1 aromatic carbocycles. The average Bonchev–Trinajstić information content (AvgIpc) is 2.48. The molecule has 2 aromatic rings. The van der Waals surface area contributed by atoms with E-state index in [9.17, 15) is 0 Å². The van der Waals surface area contributed by atoms with Crippen LogP contribution in [0.5, 0.6) is 5.75 Å². The minimum Gasteiger partial charge on any atom is -0.491 e. The van der Waals surface area contributed by atoms with Crippen molar-refractivity contribution in [2.24, 2.45) is 0 Å². The predicted molar refractivity (Wildman–Crippen MR) is 83.3 cm³/mol. The molecule has 1 aromatic heterocycles. The van der Waals surface area contributed by atoms with Crippen molar-refractivity contribution in [3.8, 4) is 5.75 Å². The van der Waals surface area contributed by atoms with Gasteiger partial charge in [-0.3, -0.25) is 4.98 Å². The van der Waals surface area contributed by atoms with Gasteiger partial charge >= 0.3 is 0 Å². The Kier molecular flexibility index (Phi) is 5.42. The van der Waals surface area contributed by atoms with E-state index in [0.717, 1.165) is 30.8 Å². The number of benzene rings is 1. The number of hydrogen-bond donors (Lipinski definition) is 1. The topological polar surface area (TPSA) is 34.1 Å². The highest BCUT2D eigenvalue weighted by atomic mass is 16.5. The molecule has 2 rings (SSSR count). The summed E-state index contributed by atoms with van der Waals surface area (Å²) in [5.41, 5.74) is 2.33. The smallest absolute Gasteiger partial charge is 0.121 e. The van der Waals surface area contributed by atoms with Gasteiger partial charge in [-0.25, -0.2) is 0 Å². The summed E-state index contributed by atoms with van der Waals surface area (Å²) in [6.07, 6.45) is 5.93. The van der Waals surface area contributed by atoms with Crippen LogP contribution in [0.2, 0.25) is 0 Å². The predicted octanol–water partition coefficient (Wildman–Crippen LogP) is 3.91.